The Balaban J connectivity index is 1.64. The highest BCUT2D eigenvalue weighted by molar-refractivity contribution is 7.99. The number of hydrogen-bond donors (Lipinski definition) is 1. The molecule has 2 aromatic carbocycles. The number of aromatic carboxylic acids is 1. The molecule has 0 aliphatic heterocycles. The van der Waals surface area contributed by atoms with Gasteiger partial charge in [-0.3, -0.25) is 4.79 Å². The molecule has 1 heterocycles. The zero-order valence-corrected chi connectivity index (χ0v) is 15.8. The summed E-state index contributed by atoms with van der Waals surface area (Å²) in [6.07, 6.45) is 0. The van der Waals surface area contributed by atoms with Crippen LogP contribution in [0.15, 0.2) is 53.7 Å². The van der Waals surface area contributed by atoms with Crippen molar-refractivity contribution in [2.24, 2.45) is 7.05 Å². The molecule has 7 nitrogen and oxygen atoms in total. The lowest BCUT2D eigenvalue weighted by atomic mass is 10.2. The second-order valence-corrected chi connectivity index (χ2v) is 6.90. The van der Waals surface area contributed by atoms with Crippen LogP contribution in [-0.2, 0) is 11.8 Å². The van der Waals surface area contributed by atoms with Crippen LogP contribution < -0.4 is 10.4 Å². The Kier molecular flexibility index (Phi) is 5.78. The smallest absolute Gasteiger partial charge is 0.234 e. The van der Waals surface area contributed by atoms with Crippen LogP contribution >= 0.6 is 23.4 Å². The van der Waals surface area contributed by atoms with E-state index in [0.717, 1.165) is 5.56 Å². The zero-order valence-electron chi connectivity index (χ0n) is 14.2. The van der Waals surface area contributed by atoms with Crippen LogP contribution in [0, 0.1) is 0 Å². The van der Waals surface area contributed by atoms with E-state index in [0.29, 0.717) is 16.7 Å². The van der Waals surface area contributed by atoms with Gasteiger partial charge in [0.2, 0.25) is 5.91 Å². The fraction of sp³-hybridized carbons (Fsp3) is 0.111. The van der Waals surface area contributed by atoms with Crippen LogP contribution in [0.4, 0.5) is 5.69 Å². The first kappa shape index (κ1) is 18.9. The highest BCUT2D eigenvalue weighted by Gasteiger charge is 2.13. The van der Waals surface area contributed by atoms with E-state index in [1.165, 1.54) is 30.0 Å². The van der Waals surface area contributed by atoms with Crippen molar-refractivity contribution in [1.82, 2.24) is 14.8 Å². The number of anilines is 1. The van der Waals surface area contributed by atoms with E-state index in [-0.39, 0.29) is 22.2 Å². The van der Waals surface area contributed by atoms with E-state index in [1.54, 1.807) is 0 Å². The van der Waals surface area contributed by atoms with Gasteiger partial charge in [-0.2, -0.15) is 0 Å². The van der Waals surface area contributed by atoms with Crippen molar-refractivity contribution in [2.45, 2.75) is 5.16 Å². The van der Waals surface area contributed by atoms with Gasteiger partial charge >= 0.3 is 0 Å². The third-order valence-corrected chi connectivity index (χ3v) is 5.02. The van der Waals surface area contributed by atoms with Gasteiger partial charge in [-0.05, 0) is 18.2 Å². The molecule has 0 aliphatic rings. The summed E-state index contributed by atoms with van der Waals surface area (Å²) in [7, 11) is 1.83. The van der Waals surface area contributed by atoms with Crippen molar-refractivity contribution >= 4 is 40.9 Å². The molecule has 0 fully saturated rings. The molecule has 0 spiro atoms. The minimum Gasteiger partial charge on any atom is -0.545 e. The minimum atomic E-state index is -1.40. The summed E-state index contributed by atoms with van der Waals surface area (Å²) in [5, 5.41) is 22.5. The molecule has 138 valence electrons. The van der Waals surface area contributed by atoms with Gasteiger partial charge in [0, 0.05) is 28.9 Å². The lowest BCUT2D eigenvalue weighted by Gasteiger charge is -2.09. The van der Waals surface area contributed by atoms with E-state index in [4.69, 9.17) is 11.6 Å². The molecule has 27 heavy (non-hydrogen) atoms. The Labute approximate surface area is 164 Å². The fourth-order valence-corrected chi connectivity index (χ4v) is 3.27. The SMILES string of the molecule is Cn1c(SCC(=O)Nc2ccc(Cl)c(C(=O)[O-])c2)nnc1-c1ccccc1. The van der Waals surface area contributed by atoms with Gasteiger partial charge in [-0.1, -0.05) is 53.7 Å². The first-order valence-corrected chi connectivity index (χ1v) is 9.20. The molecule has 1 amide bonds. The van der Waals surface area contributed by atoms with E-state index in [2.05, 4.69) is 15.5 Å². The van der Waals surface area contributed by atoms with Crippen molar-refractivity contribution in [3.05, 3.63) is 59.1 Å². The zero-order chi connectivity index (χ0) is 19.4. The monoisotopic (exact) mass is 401 g/mol. The summed E-state index contributed by atoms with van der Waals surface area (Å²) >= 11 is 7.01. The van der Waals surface area contributed by atoms with Gasteiger partial charge < -0.3 is 19.8 Å². The van der Waals surface area contributed by atoms with Crippen LogP contribution in [0.2, 0.25) is 5.02 Å². The number of hydrogen-bond acceptors (Lipinski definition) is 6. The molecule has 3 aromatic rings. The van der Waals surface area contributed by atoms with E-state index in [1.807, 2.05) is 41.9 Å². The lowest BCUT2D eigenvalue weighted by molar-refractivity contribution is -0.255. The number of nitrogens with one attached hydrogen (secondary N) is 1. The number of thioether (sulfide) groups is 1. The van der Waals surface area contributed by atoms with Crippen molar-refractivity contribution in [3.63, 3.8) is 0 Å². The van der Waals surface area contributed by atoms with Crippen molar-refractivity contribution in [3.8, 4) is 11.4 Å². The molecule has 0 atom stereocenters. The molecular formula is C18H14ClN4O3S-. The summed E-state index contributed by atoms with van der Waals surface area (Å²) in [4.78, 5) is 23.2. The van der Waals surface area contributed by atoms with Crippen LogP contribution in [0.5, 0.6) is 0 Å². The number of carbonyl (C=O) groups is 2. The Bertz CT molecular complexity index is 992. The number of nitrogens with zero attached hydrogens (tertiary/aromatic N) is 3. The maximum absolute atomic E-state index is 12.2. The molecule has 0 unspecified atom stereocenters. The largest absolute Gasteiger partial charge is 0.545 e. The van der Waals surface area contributed by atoms with Crippen molar-refractivity contribution in [1.29, 1.82) is 0 Å². The second-order valence-electron chi connectivity index (χ2n) is 5.55. The highest BCUT2D eigenvalue weighted by atomic mass is 35.5. The maximum Gasteiger partial charge on any atom is 0.234 e. The molecule has 1 aromatic heterocycles. The molecule has 3 rings (SSSR count). The normalized spacial score (nSPS) is 10.6. The van der Waals surface area contributed by atoms with Crippen LogP contribution in [0.1, 0.15) is 10.4 Å². The van der Waals surface area contributed by atoms with Gasteiger partial charge in [0.25, 0.3) is 0 Å². The predicted molar refractivity (Wildman–Crippen MR) is 102 cm³/mol. The number of amides is 1. The molecule has 0 aliphatic carbocycles. The molecular weight excluding hydrogens is 388 g/mol. The van der Waals surface area contributed by atoms with E-state index in [9.17, 15) is 14.7 Å². The van der Waals surface area contributed by atoms with Crippen LogP contribution in [0.25, 0.3) is 11.4 Å². The number of carboxylic acid groups (broad SMARTS) is 1. The third kappa shape index (κ3) is 4.47. The van der Waals surface area contributed by atoms with Crippen LogP contribution in [0.3, 0.4) is 0 Å². The Morgan fingerprint density at radius 1 is 1.19 bits per heavy atom. The molecule has 9 heteroatoms. The number of carbonyl (C=O) groups excluding carboxylic acids is 2. The molecule has 0 bridgehead atoms. The summed E-state index contributed by atoms with van der Waals surface area (Å²) < 4.78 is 1.81. The number of aromatic nitrogens is 3. The number of carboxylic acids is 1. The lowest BCUT2D eigenvalue weighted by Crippen LogP contribution is -2.23. The topological polar surface area (TPSA) is 99.9 Å². The van der Waals surface area contributed by atoms with Crippen LogP contribution in [-0.4, -0.2) is 32.4 Å². The van der Waals surface area contributed by atoms with Crippen molar-refractivity contribution < 1.29 is 14.7 Å². The first-order chi connectivity index (χ1) is 13.0. The third-order valence-electron chi connectivity index (χ3n) is 3.67. The molecule has 1 N–H and O–H groups in total. The van der Waals surface area contributed by atoms with Gasteiger partial charge in [0.1, 0.15) is 0 Å². The average molecular weight is 402 g/mol. The van der Waals surface area contributed by atoms with Gasteiger partial charge in [-0.25, -0.2) is 0 Å². The average Bonchev–Trinajstić information content (AvgIpc) is 3.02. The van der Waals surface area contributed by atoms with Gasteiger partial charge in [0.05, 0.1) is 11.7 Å². The number of halogens is 1. The van der Waals surface area contributed by atoms with Crippen molar-refractivity contribution in [2.75, 3.05) is 11.1 Å². The fourth-order valence-electron chi connectivity index (χ4n) is 2.37. The van der Waals surface area contributed by atoms with Gasteiger partial charge in [-0.15, -0.1) is 10.2 Å². The summed E-state index contributed by atoms with van der Waals surface area (Å²) in [6.45, 7) is 0. The van der Waals surface area contributed by atoms with E-state index < -0.39 is 5.97 Å². The van der Waals surface area contributed by atoms with E-state index >= 15 is 0 Å². The molecule has 0 saturated carbocycles. The summed E-state index contributed by atoms with van der Waals surface area (Å²) in [6, 6.07) is 13.8. The quantitative estimate of drug-likeness (QED) is 0.636. The molecule has 0 saturated heterocycles. The minimum absolute atomic E-state index is 0.0508. The van der Waals surface area contributed by atoms with Gasteiger partial charge in [0.15, 0.2) is 11.0 Å². The standard InChI is InChI=1S/C18H15ClN4O3S/c1-23-16(11-5-3-2-4-6-11)21-22-18(23)27-10-15(24)20-12-7-8-14(19)13(9-12)17(25)26/h2-9H,10H2,1H3,(H,20,24)(H,25,26)/p-1. The maximum atomic E-state index is 12.2. The first-order valence-electron chi connectivity index (χ1n) is 7.84. The number of benzene rings is 2. The Hall–Kier alpha value is -2.84. The second kappa shape index (κ2) is 8.24. The Morgan fingerprint density at radius 2 is 1.93 bits per heavy atom. The molecule has 0 radical (unpaired) electrons. The highest BCUT2D eigenvalue weighted by Crippen LogP contribution is 2.23. The Morgan fingerprint density at radius 3 is 2.63 bits per heavy atom. The number of rotatable bonds is 6. The summed E-state index contributed by atoms with van der Waals surface area (Å²) in [5.41, 5.74) is 1.08. The predicted octanol–water partition coefficient (Wildman–Crippen LogP) is 2.23. The summed E-state index contributed by atoms with van der Waals surface area (Å²) in [5.74, 6) is -0.923.